The SMILES string of the molecule is O=C(NN=Cc1ccc(F)s1)c1cc(-c2ccc(Cl)cc2)n[nH]1. The molecule has 0 aliphatic heterocycles. The van der Waals surface area contributed by atoms with Gasteiger partial charge < -0.3 is 0 Å². The van der Waals surface area contributed by atoms with Crippen LogP contribution in [-0.2, 0) is 0 Å². The molecule has 116 valence electrons. The molecule has 3 rings (SSSR count). The lowest BCUT2D eigenvalue weighted by molar-refractivity contribution is 0.0950. The van der Waals surface area contributed by atoms with Crippen LogP contribution in [0.15, 0.2) is 47.6 Å². The minimum absolute atomic E-state index is 0.268. The third-order valence-corrected chi connectivity index (χ3v) is 3.97. The van der Waals surface area contributed by atoms with Gasteiger partial charge in [-0.1, -0.05) is 23.7 Å². The van der Waals surface area contributed by atoms with Gasteiger partial charge in [0.05, 0.1) is 16.8 Å². The second kappa shape index (κ2) is 6.72. The number of carbonyl (C=O) groups excluding carboxylic acids is 1. The van der Waals surface area contributed by atoms with Crippen LogP contribution in [-0.4, -0.2) is 22.3 Å². The van der Waals surface area contributed by atoms with Crippen LogP contribution < -0.4 is 5.43 Å². The fourth-order valence-electron chi connectivity index (χ4n) is 1.82. The third-order valence-electron chi connectivity index (χ3n) is 2.91. The van der Waals surface area contributed by atoms with Gasteiger partial charge in [-0.15, -0.1) is 11.3 Å². The lowest BCUT2D eigenvalue weighted by Gasteiger charge is -1.95. The van der Waals surface area contributed by atoms with E-state index in [0.29, 0.717) is 15.6 Å². The van der Waals surface area contributed by atoms with Crippen LogP contribution in [0.3, 0.4) is 0 Å². The van der Waals surface area contributed by atoms with Crippen molar-refractivity contribution in [3.8, 4) is 11.3 Å². The number of hydrogen-bond donors (Lipinski definition) is 2. The van der Waals surface area contributed by atoms with Crippen molar-refractivity contribution < 1.29 is 9.18 Å². The molecule has 1 amide bonds. The lowest BCUT2D eigenvalue weighted by Crippen LogP contribution is -2.17. The second-order valence-electron chi connectivity index (χ2n) is 4.51. The average Bonchev–Trinajstić information content (AvgIpc) is 3.17. The minimum Gasteiger partial charge on any atom is -0.272 e. The summed E-state index contributed by atoms with van der Waals surface area (Å²) in [6, 6.07) is 11.6. The van der Waals surface area contributed by atoms with Gasteiger partial charge in [-0.05, 0) is 30.3 Å². The van der Waals surface area contributed by atoms with E-state index in [1.165, 1.54) is 12.3 Å². The Balaban J connectivity index is 1.66. The molecule has 0 spiro atoms. The summed E-state index contributed by atoms with van der Waals surface area (Å²) in [6.45, 7) is 0. The molecule has 2 N–H and O–H groups in total. The van der Waals surface area contributed by atoms with E-state index in [9.17, 15) is 9.18 Å². The summed E-state index contributed by atoms with van der Waals surface area (Å²) in [6.07, 6.45) is 1.38. The van der Waals surface area contributed by atoms with E-state index in [1.54, 1.807) is 24.3 Å². The molecule has 8 heteroatoms. The van der Waals surface area contributed by atoms with E-state index in [4.69, 9.17) is 11.6 Å². The fraction of sp³-hybridized carbons (Fsp3) is 0. The summed E-state index contributed by atoms with van der Waals surface area (Å²) in [5, 5.41) is 10.8. The number of aromatic amines is 1. The largest absolute Gasteiger partial charge is 0.289 e. The van der Waals surface area contributed by atoms with Crippen LogP contribution in [0.2, 0.25) is 5.02 Å². The van der Waals surface area contributed by atoms with Crippen LogP contribution in [0, 0.1) is 5.13 Å². The summed E-state index contributed by atoms with van der Waals surface area (Å²) < 4.78 is 12.8. The maximum Gasteiger partial charge on any atom is 0.289 e. The molecule has 2 heterocycles. The number of rotatable bonds is 4. The highest BCUT2D eigenvalue weighted by atomic mass is 35.5. The number of hydrazone groups is 1. The van der Waals surface area contributed by atoms with Crippen molar-refractivity contribution in [3.05, 3.63) is 63.2 Å². The van der Waals surface area contributed by atoms with E-state index >= 15 is 0 Å². The molecule has 0 fully saturated rings. The van der Waals surface area contributed by atoms with Gasteiger partial charge in [0, 0.05) is 10.6 Å². The zero-order valence-corrected chi connectivity index (χ0v) is 13.2. The molecule has 0 atom stereocenters. The first-order valence-electron chi connectivity index (χ1n) is 6.52. The van der Waals surface area contributed by atoms with E-state index in [1.807, 2.05) is 12.1 Å². The number of thiophene rings is 1. The van der Waals surface area contributed by atoms with Gasteiger partial charge in [-0.2, -0.15) is 14.6 Å². The Kier molecular flexibility index (Phi) is 4.50. The van der Waals surface area contributed by atoms with Gasteiger partial charge in [0.25, 0.3) is 5.91 Å². The number of amides is 1. The summed E-state index contributed by atoms with van der Waals surface area (Å²) >= 11 is 6.77. The Morgan fingerprint density at radius 1 is 1.30 bits per heavy atom. The molecule has 0 saturated heterocycles. The Labute approximate surface area is 139 Å². The molecule has 0 unspecified atom stereocenters. The Hall–Kier alpha value is -2.51. The van der Waals surface area contributed by atoms with Crippen molar-refractivity contribution in [1.82, 2.24) is 15.6 Å². The fourth-order valence-corrected chi connectivity index (χ4v) is 2.55. The molecular weight excluding hydrogens is 339 g/mol. The Morgan fingerprint density at radius 2 is 2.09 bits per heavy atom. The summed E-state index contributed by atoms with van der Waals surface area (Å²) in [7, 11) is 0. The van der Waals surface area contributed by atoms with Crippen molar-refractivity contribution in [1.29, 1.82) is 0 Å². The zero-order chi connectivity index (χ0) is 16.2. The standard InChI is InChI=1S/C15H10ClFN4OS/c16-10-3-1-9(2-4-10)12-7-13(20-19-12)15(22)21-18-8-11-5-6-14(17)23-11/h1-8H,(H,19,20)(H,21,22). The van der Waals surface area contributed by atoms with Gasteiger partial charge in [-0.3, -0.25) is 9.89 Å². The van der Waals surface area contributed by atoms with Crippen LogP contribution >= 0.6 is 22.9 Å². The normalized spacial score (nSPS) is 11.0. The smallest absolute Gasteiger partial charge is 0.272 e. The number of halogens is 2. The number of hydrogen-bond acceptors (Lipinski definition) is 4. The monoisotopic (exact) mass is 348 g/mol. The van der Waals surface area contributed by atoms with E-state index < -0.39 is 5.91 Å². The predicted molar refractivity (Wildman–Crippen MR) is 88.4 cm³/mol. The molecule has 5 nitrogen and oxygen atoms in total. The molecule has 0 aliphatic rings. The third kappa shape index (κ3) is 3.82. The van der Waals surface area contributed by atoms with Crippen LogP contribution in [0.4, 0.5) is 4.39 Å². The van der Waals surface area contributed by atoms with Gasteiger partial charge in [-0.25, -0.2) is 5.43 Å². The van der Waals surface area contributed by atoms with Crippen molar-refractivity contribution in [3.63, 3.8) is 0 Å². The molecule has 0 aliphatic carbocycles. The van der Waals surface area contributed by atoms with E-state index in [0.717, 1.165) is 16.9 Å². The number of benzene rings is 1. The summed E-state index contributed by atoms with van der Waals surface area (Å²) in [5.41, 5.74) is 4.08. The second-order valence-corrected chi connectivity index (χ2v) is 6.02. The zero-order valence-electron chi connectivity index (χ0n) is 11.6. The highest BCUT2D eigenvalue weighted by molar-refractivity contribution is 7.12. The number of aromatic nitrogens is 2. The molecule has 3 aromatic rings. The summed E-state index contributed by atoms with van der Waals surface area (Å²) in [4.78, 5) is 12.6. The van der Waals surface area contributed by atoms with Gasteiger partial charge in [0.1, 0.15) is 5.69 Å². The highest BCUT2D eigenvalue weighted by Crippen LogP contribution is 2.20. The molecule has 0 saturated carbocycles. The molecule has 0 bridgehead atoms. The average molecular weight is 349 g/mol. The van der Waals surface area contributed by atoms with E-state index in [-0.39, 0.29) is 10.8 Å². The Morgan fingerprint density at radius 3 is 2.78 bits per heavy atom. The number of nitrogens with zero attached hydrogens (tertiary/aromatic N) is 2. The van der Waals surface area contributed by atoms with Crippen LogP contribution in [0.1, 0.15) is 15.4 Å². The molecule has 23 heavy (non-hydrogen) atoms. The van der Waals surface area contributed by atoms with Crippen LogP contribution in [0.5, 0.6) is 0 Å². The molecule has 2 aromatic heterocycles. The summed E-state index contributed by atoms with van der Waals surface area (Å²) in [5.74, 6) is -0.439. The first-order chi connectivity index (χ1) is 11.1. The first kappa shape index (κ1) is 15.4. The van der Waals surface area contributed by atoms with Gasteiger partial charge in [0.15, 0.2) is 5.13 Å². The van der Waals surface area contributed by atoms with Crippen molar-refractivity contribution in [2.45, 2.75) is 0 Å². The maximum atomic E-state index is 12.8. The number of carbonyl (C=O) groups is 1. The van der Waals surface area contributed by atoms with Gasteiger partial charge in [0.2, 0.25) is 0 Å². The highest BCUT2D eigenvalue weighted by Gasteiger charge is 2.10. The quantitative estimate of drug-likeness (QED) is 0.557. The molecule has 1 aromatic carbocycles. The first-order valence-corrected chi connectivity index (χ1v) is 7.71. The lowest BCUT2D eigenvalue weighted by atomic mass is 10.1. The molecular formula is C15H10ClFN4OS. The number of H-pyrrole nitrogens is 1. The molecule has 0 radical (unpaired) electrons. The maximum absolute atomic E-state index is 12.8. The van der Waals surface area contributed by atoms with E-state index in [2.05, 4.69) is 20.7 Å². The van der Waals surface area contributed by atoms with Crippen LogP contribution in [0.25, 0.3) is 11.3 Å². The Bertz CT molecular complexity index is 857. The van der Waals surface area contributed by atoms with Crippen molar-refractivity contribution >= 4 is 35.1 Å². The topological polar surface area (TPSA) is 70.1 Å². The van der Waals surface area contributed by atoms with Crippen molar-refractivity contribution in [2.24, 2.45) is 5.10 Å². The van der Waals surface area contributed by atoms with Gasteiger partial charge >= 0.3 is 0 Å². The minimum atomic E-state index is -0.439. The predicted octanol–water partition coefficient (Wildman–Crippen LogP) is 3.69. The van der Waals surface area contributed by atoms with Crippen molar-refractivity contribution in [2.75, 3.05) is 0 Å². The number of nitrogens with one attached hydrogen (secondary N) is 2.